The van der Waals surface area contributed by atoms with Crippen LogP contribution in [0.1, 0.15) is 19.8 Å². The molecule has 2 rings (SSSR count). The minimum absolute atomic E-state index is 0.0441. The molecule has 0 spiro atoms. The standard InChI is InChI=1S/C9H14N4OS/c1-6-7(3-2-4-10-6)8(14)12-9-13-11-5-15-9/h5-7,10H,2-4H2,1H3,(H,12,13,14)/t6-,7-/m1/s1. The van der Waals surface area contributed by atoms with Crippen molar-refractivity contribution in [3.05, 3.63) is 5.51 Å². The molecule has 0 radical (unpaired) electrons. The first kappa shape index (κ1) is 10.5. The number of amides is 1. The molecule has 0 unspecified atom stereocenters. The number of hydrogen-bond donors (Lipinski definition) is 2. The summed E-state index contributed by atoms with van der Waals surface area (Å²) in [5.74, 6) is 0.0918. The average molecular weight is 226 g/mol. The van der Waals surface area contributed by atoms with Crippen LogP contribution in [-0.2, 0) is 4.79 Å². The number of hydrogen-bond acceptors (Lipinski definition) is 5. The molecule has 2 N–H and O–H groups in total. The number of piperidine rings is 1. The van der Waals surface area contributed by atoms with Crippen molar-refractivity contribution in [2.24, 2.45) is 5.92 Å². The monoisotopic (exact) mass is 226 g/mol. The van der Waals surface area contributed by atoms with Gasteiger partial charge in [0.15, 0.2) is 0 Å². The van der Waals surface area contributed by atoms with Gasteiger partial charge in [0.05, 0.1) is 5.92 Å². The van der Waals surface area contributed by atoms with Crippen LogP contribution in [0.3, 0.4) is 0 Å². The van der Waals surface area contributed by atoms with Crippen LogP contribution in [-0.4, -0.2) is 28.7 Å². The highest BCUT2D eigenvalue weighted by molar-refractivity contribution is 7.13. The van der Waals surface area contributed by atoms with E-state index in [4.69, 9.17) is 0 Å². The lowest BCUT2D eigenvalue weighted by molar-refractivity contribution is -0.121. The van der Waals surface area contributed by atoms with E-state index in [1.54, 1.807) is 5.51 Å². The zero-order chi connectivity index (χ0) is 10.7. The van der Waals surface area contributed by atoms with Gasteiger partial charge in [-0.05, 0) is 26.3 Å². The van der Waals surface area contributed by atoms with Gasteiger partial charge in [-0.2, -0.15) is 0 Å². The molecule has 82 valence electrons. The maximum absolute atomic E-state index is 11.9. The number of nitrogens with zero attached hydrogens (tertiary/aromatic N) is 2. The zero-order valence-corrected chi connectivity index (χ0v) is 9.38. The van der Waals surface area contributed by atoms with E-state index in [1.165, 1.54) is 11.3 Å². The zero-order valence-electron chi connectivity index (χ0n) is 8.56. The fourth-order valence-electron chi connectivity index (χ4n) is 1.83. The maximum atomic E-state index is 11.9. The van der Waals surface area contributed by atoms with E-state index < -0.39 is 0 Å². The van der Waals surface area contributed by atoms with Gasteiger partial charge in [-0.15, -0.1) is 10.2 Å². The fourth-order valence-corrected chi connectivity index (χ4v) is 2.28. The summed E-state index contributed by atoms with van der Waals surface area (Å²) in [6, 6.07) is 0.242. The molecule has 2 atom stereocenters. The third-order valence-electron chi connectivity index (χ3n) is 2.69. The number of rotatable bonds is 2. The average Bonchev–Trinajstić information content (AvgIpc) is 2.71. The fraction of sp³-hybridized carbons (Fsp3) is 0.667. The maximum Gasteiger partial charge on any atom is 0.230 e. The number of carbonyl (C=O) groups is 1. The van der Waals surface area contributed by atoms with Crippen LogP contribution in [0.4, 0.5) is 5.13 Å². The molecule has 0 saturated carbocycles. The summed E-state index contributed by atoms with van der Waals surface area (Å²) in [6.45, 7) is 3.05. The highest BCUT2D eigenvalue weighted by atomic mass is 32.1. The van der Waals surface area contributed by atoms with Crippen LogP contribution in [0.25, 0.3) is 0 Å². The Morgan fingerprint density at radius 2 is 2.60 bits per heavy atom. The molecule has 0 bridgehead atoms. The Hall–Kier alpha value is -1.01. The predicted octanol–water partition coefficient (Wildman–Crippen LogP) is 0.865. The van der Waals surface area contributed by atoms with Gasteiger partial charge in [0.25, 0.3) is 0 Å². The highest BCUT2D eigenvalue weighted by Gasteiger charge is 2.27. The molecule has 2 heterocycles. The van der Waals surface area contributed by atoms with Gasteiger partial charge >= 0.3 is 0 Å². The van der Waals surface area contributed by atoms with Crippen molar-refractivity contribution in [1.29, 1.82) is 0 Å². The third kappa shape index (κ3) is 2.51. The summed E-state index contributed by atoms with van der Waals surface area (Å²) >= 11 is 1.34. The van der Waals surface area contributed by atoms with Gasteiger partial charge in [-0.3, -0.25) is 4.79 Å². The molecule has 1 aliphatic heterocycles. The summed E-state index contributed by atoms with van der Waals surface area (Å²) in [7, 11) is 0. The molecule has 5 nitrogen and oxygen atoms in total. The molecule has 6 heteroatoms. The Bertz CT molecular complexity index is 327. The topological polar surface area (TPSA) is 66.9 Å². The largest absolute Gasteiger partial charge is 0.313 e. The Morgan fingerprint density at radius 3 is 3.27 bits per heavy atom. The highest BCUT2D eigenvalue weighted by Crippen LogP contribution is 2.19. The molecular formula is C9H14N4OS. The van der Waals surface area contributed by atoms with E-state index in [1.807, 2.05) is 6.92 Å². The first-order valence-corrected chi connectivity index (χ1v) is 5.96. The quantitative estimate of drug-likeness (QED) is 0.785. The van der Waals surface area contributed by atoms with Crippen molar-refractivity contribution in [3.8, 4) is 0 Å². The van der Waals surface area contributed by atoms with E-state index in [0.717, 1.165) is 19.4 Å². The van der Waals surface area contributed by atoms with Crippen molar-refractivity contribution in [2.75, 3.05) is 11.9 Å². The van der Waals surface area contributed by atoms with E-state index in [-0.39, 0.29) is 17.9 Å². The molecule has 1 amide bonds. The summed E-state index contributed by atoms with van der Waals surface area (Å²) in [4.78, 5) is 11.9. The molecular weight excluding hydrogens is 212 g/mol. The normalized spacial score (nSPS) is 26.2. The first-order valence-electron chi connectivity index (χ1n) is 5.08. The molecule has 1 aromatic heterocycles. The Morgan fingerprint density at radius 1 is 1.73 bits per heavy atom. The second kappa shape index (κ2) is 4.67. The summed E-state index contributed by atoms with van der Waals surface area (Å²) in [6.07, 6.45) is 2.00. The van der Waals surface area contributed by atoms with Crippen molar-refractivity contribution >= 4 is 22.4 Å². The SMILES string of the molecule is C[C@H]1NCCC[C@H]1C(=O)Nc1nncs1. The van der Waals surface area contributed by atoms with Crippen LogP contribution in [0, 0.1) is 5.92 Å². The molecule has 1 fully saturated rings. The Labute approximate surface area is 92.3 Å². The van der Waals surface area contributed by atoms with Gasteiger partial charge in [-0.25, -0.2) is 0 Å². The van der Waals surface area contributed by atoms with E-state index >= 15 is 0 Å². The number of nitrogens with one attached hydrogen (secondary N) is 2. The lowest BCUT2D eigenvalue weighted by Gasteiger charge is -2.28. The number of anilines is 1. The van der Waals surface area contributed by atoms with Crippen LogP contribution in [0.15, 0.2) is 5.51 Å². The molecule has 0 aromatic carbocycles. The smallest absolute Gasteiger partial charge is 0.230 e. The molecule has 1 saturated heterocycles. The van der Waals surface area contributed by atoms with Gasteiger partial charge < -0.3 is 10.6 Å². The first-order chi connectivity index (χ1) is 7.27. The molecule has 1 aliphatic rings. The third-order valence-corrected chi connectivity index (χ3v) is 3.30. The number of carbonyl (C=O) groups excluding carboxylic acids is 1. The summed E-state index contributed by atoms with van der Waals surface area (Å²) < 4.78 is 0. The summed E-state index contributed by atoms with van der Waals surface area (Å²) in [5.41, 5.74) is 1.61. The predicted molar refractivity (Wildman–Crippen MR) is 58.7 cm³/mol. The Balaban J connectivity index is 1.95. The van der Waals surface area contributed by atoms with Gasteiger partial charge in [-0.1, -0.05) is 11.3 Å². The Kier molecular flexibility index (Phi) is 3.27. The lowest BCUT2D eigenvalue weighted by atomic mass is 9.91. The molecule has 15 heavy (non-hydrogen) atoms. The molecule has 1 aromatic rings. The van der Waals surface area contributed by atoms with Crippen molar-refractivity contribution in [1.82, 2.24) is 15.5 Å². The van der Waals surface area contributed by atoms with Crippen LogP contribution >= 0.6 is 11.3 Å². The van der Waals surface area contributed by atoms with Crippen molar-refractivity contribution in [3.63, 3.8) is 0 Å². The second-order valence-electron chi connectivity index (χ2n) is 3.72. The molecule has 0 aliphatic carbocycles. The van der Waals surface area contributed by atoms with Crippen LogP contribution in [0.2, 0.25) is 0 Å². The van der Waals surface area contributed by atoms with E-state index in [9.17, 15) is 4.79 Å². The van der Waals surface area contributed by atoms with Crippen molar-refractivity contribution in [2.45, 2.75) is 25.8 Å². The van der Waals surface area contributed by atoms with E-state index in [0.29, 0.717) is 5.13 Å². The van der Waals surface area contributed by atoms with Crippen molar-refractivity contribution < 1.29 is 4.79 Å². The number of aromatic nitrogens is 2. The summed E-state index contributed by atoms with van der Waals surface area (Å²) in [5, 5.41) is 14.1. The minimum atomic E-state index is 0.0441. The minimum Gasteiger partial charge on any atom is -0.313 e. The van der Waals surface area contributed by atoms with E-state index in [2.05, 4.69) is 20.8 Å². The van der Waals surface area contributed by atoms with Crippen LogP contribution in [0.5, 0.6) is 0 Å². The lowest BCUT2D eigenvalue weighted by Crippen LogP contribution is -2.44. The second-order valence-corrected chi connectivity index (χ2v) is 4.56. The van der Waals surface area contributed by atoms with Gasteiger partial charge in [0, 0.05) is 6.04 Å². The van der Waals surface area contributed by atoms with Gasteiger partial charge in [0.2, 0.25) is 11.0 Å². The van der Waals surface area contributed by atoms with Crippen LogP contribution < -0.4 is 10.6 Å². The van der Waals surface area contributed by atoms with Gasteiger partial charge in [0.1, 0.15) is 5.51 Å².